The van der Waals surface area contributed by atoms with Crippen LogP contribution in [0.1, 0.15) is 13.3 Å². The zero-order valence-corrected chi connectivity index (χ0v) is 5.92. The molecule has 58 valence electrons. The molecule has 1 heterocycles. The van der Waals surface area contributed by atoms with Gasteiger partial charge in [0.1, 0.15) is 6.04 Å². The molecule has 0 bridgehead atoms. The van der Waals surface area contributed by atoms with Crippen molar-refractivity contribution >= 4 is 5.97 Å². The number of nitrogens with two attached hydrogens (primary N) is 1. The van der Waals surface area contributed by atoms with Gasteiger partial charge < -0.3 is 16.2 Å². The quantitative estimate of drug-likeness (QED) is 0.448. The van der Waals surface area contributed by atoms with Crippen LogP contribution in [0.2, 0.25) is 0 Å². The van der Waals surface area contributed by atoms with Gasteiger partial charge in [-0.1, -0.05) is 0 Å². The van der Waals surface area contributed by atoms with E-state index in [9.17, 15) is 4.79 Å². The third kappa shape index (κ3) is 1.46. The standard InChI is InChI=1S/C6H12N2O2/c1-6(7)2-4(5(9)10)8-3-6/h4,8H,2-3,7H2,1H3,(H,9,10). The number of nitrogens with one attached hydrogen (secondary N) is 1. The molecule has 0 aliphatic carbocycles. The summed E-state index contributed by atoms with van der Waals surface area (Å²) in [6.07, 6.45) is 0.516. The van der Waals surface area contributed by atoms with Crippen molar-refractivity contribution in [1.82, 2.24) is 5.32 Å². The summed E-state index contributed by atoms with van der Waals surface area (Å²) < 4.78 is 0. The molecule has 2 atom stereocenters. The minimum absolute atomic E-state index is 0.344. The molecule has 1 aliphatic heterocycles. The van der Waals surface area contributed by atoms with Gasteiger partial charge in [0, 0.05) is 12.1 Å². The summed E-state index contributed by atoms with van der Waals surface area (Å²) >= 11 is 0. The first kappa shape index (κ1) is 7.50. The van der Waals surface area contributed by atoms with E-state index in [1.165, 1.54) is 0 Å². The maximum atomic E-state index is 10.4. The van der Waals surface area contributed by atoms with Gasteiger partial charge in [0.2, 0.25) is 0 Å². The molecular formula is C6H12N2O2. The van der Waals surface area contributed by atoms with Crippen molar-refractivity contribution in [1.29, 1.82) is 0 Å². The van der Waals surface area contributed by atoms with E-state index in [-0.39, 0.29) is 5.54 Å². The summed E-state index contributed by atoms with van der Waals surface area (Å²) in [5.41, 5.74) is 5.34. The summed E-state index contributed by atoms with van der Waals surface area (Å²) in [6.45, 7) is 2.44. The van der Waals surface area contributed by atoms with E-state index in [4.69, 9.17) is 10.8 Å². The van der Waals surface area contributed by atoms with Crippen molar-refractivity contribution < 1.29 is 9.90 Å². The molecule has 1 fully saturated rings. The molecular weight excluding hydrogens is 132 g/mol. The highest BCUT2D eigenvalue weighted by Gasteiger charge is 2.34. The molecule has 4 heteroatoms. The highest BCUT2D eigenvalue weighted by atomic mass is 16.4. The van der Waals surface area contributed by atoms with Gasteiger partial charge in [-0.25, -0.2) is 0 Å². The van der Waals surface area contributed by atoms with Gasteiger partial charge in [0.25, 0.3) is 0 Å². The predicted octanol–water partition coefficient (Wildman–Crippen LogP) is -0.850. The van der Waals surface area contributed by atoms with Crippen LogP contribution in [0, 0.1) is 0 Å². The summed E-state index contributed by atoms with van der Waals surface area (Å²) in [5, 5.41) is 11.3. The van der Waals surface area contributed by atoms with Crippen LogP contribution in [0.25, 0.3) is 0 Å². The van der Waals surface area contributed by atoms with Crippen molar-refractivity contribution in [3.05, 3.63) is 0 Å². The van der Waals surface area contributed by atoms with Crippen molar-refractivity contribution in [3.8, 4) is 0 Å². The van der Waals surface area contributed by atoms with E-state index < -0.39 is 12.0 Å². The van der Waals surface area contributed by atoms with Crippen LogP contribution >= 0.6 is 0 Å². The molecule has 1 aliphatic rings. The van der Waals surface area contributed by atoms with Gasteiger partial charge in [-0.2, -0.15) is 0 Å². The van der Waals surface area contributed by atoms with E-state index >= 15 is 0 Å². The monoisotopic (exact) mass is 144 g/mol. The molecule has 4 N–H and O–H groups in total. The molecule has 0 aromatic heterocycles. The lowest BCUT2D eigenvalue weighted by Gasteiger charge is -2.14. The van der Waals surface area contributed by atoms with Crippen molar-refractivity contribution in [2.24, 2.45) is 5.73 Å². The van der Waals surface area contributed by atoms with Crippen LogP contribution in [0.3, 0.4) is 0 Å². The summed E-state index contributed by atoms with van der Waals surface area (Å²) in [6, 6.07) is -0.449. The molecule has 0 aromatic rings. The number of hydrogen-bond donors (Lipinski definition) is 3. The largest absolute Gasteiger partial charge is 0.480 e. The molecule has 1 saturated heterocycles. The Balaban J connectivity index is 2.51. The Hall–Kier alpha value is -0.610. The number of carboxylic acids is 1. The molecule has 0 radical (unpaired) electrons. The highest BCUT2D eigenvalue weighted by molar-refractivity contribution is 5.74. The minimum atomic E-state index is -0.811. The van der Waals surface area contributed by atoms with Crippen molar-refractivity contribution in [2.75, 3.05) is 6.54 Å². The summed E-state index contributed by atoms with van der Waals surface area (Å²) in [7, 11) is 0. The normalized spacial score (nSPS) is 40.0. The van der Waals surface area contributed by atoms with E-state index in [0.29, 0.717) is 13.0 Å². The minimum Gasteiger partial charge on any atom is -0.480 e. The fraction of sp³-hybridized carbons (Fsp3) is 0.833. The van der Waals surface area contributed by atoms with Gasteiger partial charge in [-0.05, 0) is 13.3 Å². The fourth-order valence-electron chi connectivity index (χ4n) is 1.14. The Labute approximate surface area is 59.4 Å². The number of carbonyl (C=O) groups is 1. The van der Waals surface area contributed by atoms with Crippen LogP contribution in [0.15, 0.2) is 0 Å². The van der Waals surface area contributed by atoms with Crippen molar-refractivity contribution in [2.45, 2.75) is 24.9 Å². The maximum absolute atomic E-state index is 10.4. The molecule has 0 saturated carbocycles. The summed E-state index contributed by atoms with van der Waals surface area (Å²) in [5.74, 6) is -0.811. The predicted molar refractivity (Wildman–Crippen MR) is 36.6 cm³/mol. The first-order valence-electron chi connectivity index (χ1n) is 3.26. The Morgan fingerprint density at radius 1 is 1.90 bits per heavy atom. The fourth-order valence-corrected chi connectivity index (χ4v) is 1.14. The van der Waals surface area contributed by atoms with E-state index in [1.807, 2.05) is 6.92 Å². The number of hydrogen-bond acceptors (Lipinski definition) is 3. The summed E-state index contributed by atoms with van der Waals surface area (Å²) in [4.78, 5) is 10.4. The Kier molecular flexibility index (Phi) is 1.66. The molecule has 0 spiro atoms. The van der Waals surface area contributed by atoms with Crippen molar-refractivity contribution in [3.63, 3.8) is 0 Å². The van der Waals surface area contributed by atoms with E-state index in [1.54, 1.807) is 0 Å². The average molecular weight is 144 g/mol. The Morgan fingerprint density at radius 2 is 2.50 bits per heavy atom. The lowest BCUT2D eigenvalue weighted by Crippen LogP contribution is -2.37. The van der Waals surface area contributed by atoms with Crippen LogP contribution < -0.4 is 11.1 Å². The third-order valence-electron chi connectivity index (χ3n) is 1.72. The average Bonchev–Trinajstić information content (AvgIpc) is 2.10. The van der Waals surface area contributed by atoms with Crippen LogP contribution in [-0.4, -0.2) is 29.2 Å². The molecule has 1 rings (SSSR count). The third-order valence-corrected chi connectivity index (χ3v) is 1.72. The van der Waals surface area contributed by atoms with Gasteiger partial charge in [0.05, 0.1) is 0 Å². The maximum Gasteiger partial charge on any atom is 0.320 e. The van der Waals surface area contributed by atoms with Gasteiger partial charge in [0.15, 0.2) is 0 Å². The number of aliphatic carboxylic acids is 1. The second kappa shape index (κ2) is 2.21. The molecule has 4 nitrogen and oxygen atoms in total. The van der Waals surface area contributed by atoms with Crippen LogP contribution in [-0.2, 0) is 4.79 Å². The van der Waals surface area contributed by atoms with Crippen LogP contribution in [0.5, 0.6) is 0 Å². The topological polar surface area (TPSA) is 75.3 Å². The van der Waals surface area contributed by atoms with E-state index in [0.717, 1.165) is 0 Å². The first-order chi connectivity index (χ1) is 4.51. The number of carboxylic acid groups (broad SMARTS) is 1. The molecule has 10 heavy (non-hydrogen) atoms. The molecule has 0 aromatic carbocycles. The second-order valence-electron chi connectivity index (χ2n) is 3.13. The molecule has 0 amide bonds. The Bertz CT molecular complexity index is 156. The molecule has 2 unspecified atom stereocenters. The van der Waals surface area contributed by atoms with Gasteiger partial charge >= 0.3 is 5.97 Å². The Morgan fingerprint density at radius 3 is 2.70 bits per heavy atom. The van der Waals surface area contributed by atoms with Crippen LogP contribution in [0.4, 0.5) is 0 Å². The highest BCUT2D eigenvalue weighted by Crippen LogP contribution is 2.14. The first-order valence-corrected chi connectivity index (χ1v) is 3.26. The zero-order chi connectivity index (χ0) is 7.78. The van der Waals surface area contributed by atoms with Gasteiger partial charge in [-0.15, -0.1) is 0 Å². The lowest BCUT2D eigenvalue weighted by atomic mass is 10.0. The van der Waals surface area contributed by atoms with E-state index in [2.05, 4.69) is 5.32 Å². The number of rotatable bonds is 1. The lowest BCUT2D eigenvalue weighted by molar-refractivity contribution is -0.139. The van der Waals surface area contributed by atoms with Gasteiger partial charge in [-0.3, -0.25) is 4.79 Å². The zero-order valence-electron chi connectivity index (χ0n) is 5.92. The second-order valence-corrected chi connectivity index (χ2v) is 3.13. The SMILES string of the molecule is CC1(N)CNC(C(=O)O)C1. The smallest absolute Gasteiger partial charge is 0.320 e.